The number of hydrogen-bond donors (Lipinski definition) is 3. The van der Waals surface area contributed by atoms with Crippen molar-refractivity contribution in [2.24, 2.45) is 65.1 Å². The van der Waals surface area contributed by atoms with Gasteiger partial charge in [-0.05, 0) is 140 Å². The van der Waals surface area contributed by atoms with Gasteiger partial charge in [-0.3, -0.25) is 9.59 Å². The van der Waals surface area contributed by atoms with Gasteiger partial charge in [0.05, 0.1) is 59.8 Å². The Bertz CT molecular complexity index is 2090. The van der Waals surface area contributed by atoms with E-state index in [-0.39, 0.29) is 65.5 Å². The van der Waals surface area contributed by atoms with Crippen LogP contribution >= 0.6 is 0 Å². The molecule has 9 aliphatic heterocycles. The quantitative estimate of drug-likeness (QED) is 0.0802. The smallest absolute Gasteiger partial charge is 0.313 e. The van der Waals surface area contributed by atoms with Crippen LogP contribution in [0.15, 0.2) is 12.2 Å². The number of ether oxygens (including phenoxy) is 8. The maximum absolute atomic E-state index is 15.0. The number of aliphatic hydroxyl groups is 2. The molecule has 0 aromatic heterocycles. The summed E-state index contributed by atoms with van der Waals surface area (Å²) in [4.78, 5) is 41.8. The summed E-state index contributed by atoms with van der Waals surface area (Å²) in [5.74, 6) is -5.06. The van der Waals surface area contributed by atoms with E-state index in [1.54, 1.807) is 0 Å². The van der Waals surface area contributed by atoms with Crippen molar-refractivity contribution in [3.63, 3.8) is 0 Å². The molecule has 8 saturated heterocycles. The van der Waals surface area contributed by atoms with Crippen molar-refractivity contribution in [3.05, 3.63) is 12.2 Å². The van der Waals surface area contributed by atoms with Crippen molar-refractivity contribution in [1.29, 1.82) is 0 Å². The second kappa shape index (κ2) is 21.1. The van der Waals surface area contributed by atoms with Crippen LogP contribution in [0.3, 0.4) is 0 Å². The van der Waals surface area contributed by atoms with Crippen LogP contribution in [-0.4, -0.2) is 117 Å². The highest BCUT2D eigenvalue weighted by atomic mass is 17.3. The van der Waals surface area contributed by atoms with Gasteiger partial charge < -0.3 is 53.4 Å². The van der Waals surface area contributed by atoms with Crippen molar-refractivity contribution in [1.82, 2.24) is 5.32 Å². The Morgan fingerprint density at radius 3 is 2.19 bits per heavy atom. The van der Waals surface area contributed by atoms with E-state index in [9.17, 15) is 15.0 Å². The van der Waals surface area contributed by atoms with E-state index in [1.165, 1.54) is 0 Å². The molecule has 9 heterocycles. The summed E-state index contributed by atoms with van der Waals surface area (Å²) in [6.45, 7) is 26.7. The third-order valence-corrected chi connectivity index (χ3v) is 21.8. The molecule has 10 fully saturated rings. The van der Waals surface area contributed by atoms with Crippen LogP contribution in [0.5, 0.6) is 0 Å². The molecule has 426 valence electrons. The van der Waals surface area contributed by atoms with E-state index in [0.29, 0.717) is 63.3 Å². The van der Waals surface area contributed by atoms with Crippen LogP contribution in [0.2, 0.25) is 0 Å². The Labute approximate surface area is 448 Å². The lowest BCUT2D eigenvalue weighted by Gasteiger charge is -2.60. The molecule has 75 heavy (non-hydrogen) atoms. The standard InChI is InChI=1S/C60H97NO14/c1-14-41(52(64)68-53-36(8)44-21-17-32(4)43-23-26-56(13)71-54(69-53)60(43,44)75-74-56)45-22-18-33(5)50(67-45)38(10)48(62)37(9)49(63)42(15-2)51-34(6)31-35(7)58(70-51)28-24-46(61-40-19-20-40)59(73-58)30-29-55(12,72-59)47-25-27-57(65,16-3)39(11)66-47/h24,28,32-48,50-51,53-54,61-62,65H,14-23,25-27,29-31H2,1-13H3/t32-,33+,34+,35-,36-,37+,38+,39+,41-,42+,43+,44+,45-,46-,47-,48-,50-,51+,53?,54-,55+,56?,57-,58+,59+,60-/m1/s1. The lowest BCUT2D eigenvalue weighted by Crippen LogP contribution is -2.70. The molecule has 0 amide bonds. The van der Waals surface area contributed by atoms with Gasteiger partial charge in [0.1, 0.15) is 5.78 Å². The molecule has 3 spiro atoms. The molecular formula is C60H97NO14. The summed E-state index contributed by atoms with van der Waals surface area (Å²) >= 11 is 0. The molecule has 2 aliphatic carbocycles. The Kier molecular flexibility index (Phi) is 15.9. The van der Waals surface area contributed by atoms with Crippen LogP contribution in [-0.2, 0) is 57.3 Å². The predicted octanol–water partition coefficient (Wildman–Crippen LogP) is 9.61. The van der Waals surface area contributed by atoms with Gasteiger partial charge in [-0.2, -0.15) is 0 Å². The first kappa shape index (κ1) is 56.7. The third-order valence-electron chi connectivity index (χ3n) is 21.8. The van der Waals surface area contributed by atoms with Crippen LogP contribution in [0, 0.1) is 65.1 Å². The zero-order valence-corrected chi connectivity index (χ0v) is 47.9. The molecule has 11 rings (SSSR count). The number of hydrogen-bond acceptors (Lipinski definition) is 15. The van der Waals surface area contributed by atoms with Gasteiger partial charge in [-0.15, -0.1) is 0 Å². The number of carbonyl (C=O) groups is 2. The van der Waals surface area contributed by atoms with Gasteiger partial charge >= 0.3 is 5.97 Å². The third kappa shape index (κ3) is 9.90. The summed E-state index contributed by atoms with van der Waals surface area (Å²) in [7, 11) is 0. The van der Waals surface area contributed by atoms with E-state index in [4.69, 9.17) is 47.7 Å². The zero-order chi connectivity index (χ0) is 53.8. The van der Waals surface area contributed by atoms with E-state index < -0.39 is 94.8 Å². The van der Waals surface area contributed by atoms with Gasteiger partial charge in [-0.1, -0.05) is 75.3 Å². The molecule has 11 aliphatic rings. The molecule has 0 aromatic rings. The monoisotopic (exact) mass is 1060 g/mol. The fourth-order valence-electron chi connectivity index (χ4n) is 16.4. The molecule has 2 bridgehead atoms. The maximum atomic E-state index is 15.0. The van der Waals surface area contributed by atoms with E-state index in [1.807, 2.05) is 48.5 Å². The minimum atomic E-state index is -1.14. The molecule has 2 unspecified atom stereocenters. The van der Waals surface area contributed by atoms with Gasteiger partial charge in [-0.25, -0.2) is 9.78 Å². The number of esters is 1. The average molecular weight is 1060 g/mol. The second-order valence-electron chi connectivity index (χ2n) is 26.8. The van der Waals surface area contributed by atoms with Gasteiger partial charge in [0.15, 0.2) is 23.5 Å². The molecule has 3 N–H and O–H groups in total. The molecule has 15 heteroatoms. The highest BCUT2D eigenvalue weighted by molar-refractivity contribution is 5.84. The first-order valence-corrected chi connectivity index (χ1v) is 30.2. The highest BCUT2D eigenvalue weighted by Gasteiger charge is 2.70. The SMILES string of the molecule is CC[C@@H](C(=O)[C@@H](C)[C@@H](O)[C@H](C)[C@@H]1O[C@@H]([C@@H](CC)C(=O)OC2O[C@@H]3OC4(C)CC[C@H]5[C@H](C)CC[C@@H]([C@H]2C)[C@@]35OO4)CC[C@@H]1C)[C@H]1O[C@]2(C=C[C@@H](NC3CC3)[C@]3(CC[C@@](C)([C@H]4CC[C@](O)(CC)[C@H](C)O4)O3)O2)[C@H](C)C[C@@H]1C. The molecule has 0 radical (unpaired) electrons. The largest absolute Gasteiger partial charge is 0.435 e. The van der Waals surface area contributed by atoms with Crippen molar-refractivity contribution >= 4 is 11.8 Å². The minimum Gasteiger partial charge on any atom is -0.435 e. The van der Waals surface area contributed by atoms with Crippen molar-refractivity contribution in [2.45, 2.75) is 288 Å². The van der Waals surface area contributed by atoms with Crippen molar-refractivity contribution in [2.75, 3.05) is 0 Å². The Hall–Kier alpha value is -1.60. The maximum Gasteiger partial charge on any atom is 0.313 e. The van der Waals surface area contributed by atoms with Crippen LogP contribution in [0.4, 0.5) is 0 Å². The van der Waals surface area contributed by atoms with E-state index in [2.05, 4.69) is 59.0 Å². The number of Topliss-reactive ketones (excluding diaryl/α,β-unsaturated/α-hetero) is 1. The fraction of sp³-hybridized carbons (Fsp3) is 0.933. The number of carbonyl (C=O) groups excluding carboxylic acids is 2. The summed E-state index contributed by atoms with van der Waals surface area (Å²) in [5.41, 5.74) is -2.25. The topological polar surface area (TPSA) is 179 Å². The fourth-order valence-corrected chi connectivity index (χ4v) is 16.4. The second-order valence-corrected chi connectivity index (χ2v) is 26.8. The number of nitrogens with one attached hydrogen (secondary N) is 1. The summed E-state index contributed by atoms with van der Waals surface area (Å²) in [5, 5.41) is 27.4. The average Bonchev–Trinajstić information content (AvgIpc) is 4.22. The molecule has 2 saturated carbocycles. The number of ketones is 1. The summed E-state index contributed by atoms with van der Waals surface area (Å²) in [6, 6.07) is 0.197. The van der Waals surface area contributed by atoms with Crippen LogP contribution < -0.4 is 5.32 Å². The molecular weight excluding hydrogens is 959 g/mol. The Balaban J connectivity index is 0.803. The lowest BCUT2D eigenvalue weighted by molar-refractivity contribution is -0.576. The van der Waals surface area contributed by atoms with Gasteiger partial charge in [0, 0.05) is 54.4 Å². The summed E-state index contributed by atoms with van der Waals surface area (Å²) in [6.07, 6.45) is 12.4. The lowest BCUT2D eigenvalue weighted by atomic mass is 9.58. The Morgan fingerprint density at radius 2 is 1.49 bits per heavy atom. The summed E-state index contributed by atoms with van der Waals surface area (Å²) < 4.78 is 55.1. The first-order chi connectivity index (χ1) is 35.5. The van der Waals surface area contributed by atoms with Crippen molar-refractivity contribution in [3.8, 4) is 0 Å². The van der Waals surface area contributed by atoms with E-state index in [0.717, 1.165) is 51.4 Å². The zero-order valence-electron chi connectivity index (χ0n) is 47.9. The van der Waals surface area contributed by atoms with E-state index >= 15 is 4.79 Å². The van der Waals surface area contributed by atoms with Gasteiger partial charge in [0.2, 0.25) is 12.1 Å². The van der Waals surface area contributed by atoms with Gasteiger partial charge in [0.25, 0.3) is 0 Å². The molecule has 26 atom stereocenters. The Morgan fingerprint density at radius 1 is 0.760 bits per heavy atom. The number of fused-ring (bicyclic) bond motifs is 2. The predicted molar refractivity (Wildman–Crippen MR) is 278 cm³/mol. The van der Waals surface area contributed by atoms with Crippen molar-refractivity contribution < 1.29 is 67.5 Å². The van der Waals surface area contributed by atoms with Crippen LogP contribution in [0.25, 0.3) is 0 Å². The van der Waals surface area contributed by atoms with Crippen LogP contribution in [0.1, 0.15) is 193 Å². The normalized spacial score (nSPS) is 50.6. The minimum absolute atomic E-state index is 0.0263. The first-order valence-electron chi connectivity index (χ1n) is 30.2. The number of rotatable bonds is 15. The molecule has 0 aromatic carbocycles. The highest BCUT2D eigenvalue weighted by Crippen LogP contribution is 2.61. The number of aliphatic hydroxyl groups excluding tert-OH is 1. The molecule has 15 nitrogen and oxygen atoms in total.